The van der Waals surface area contributed by atoms with Crippen LogP contribution in [0.25, 0.3) is 0 Å². The van der Waals surface area contributed by atoms with E-state index in [9.17, 15) is 8.78 Å². The number of pyridine rings is 2. The number of aromatic nitrogens is 2. The van der Waals surface area contributed by atoms with Crippen LogP contribution in [0, 0.1) is 11.6 Å². The van der Waals surface area contributed by atoms with Gasteiger partial charge < -0.3 is 5.73 Å². The highest BCUT2D eigenvalue weighted by atomic mass is 32.1. The Balaban J connectivity index is 0.000000149. The largest absolute Gasteiger partial charge is 0.320 e. The average Bonchev–Trinajstić information content (AvgIpc) is 3.14. The standard InChI is InChI=1S/C15H11FN2S.C14H13FN2/c16-11-5-3-10-4-6-14-12(2-1-7-17-14)15(18-9-19)13(10)8-11;15-10-5-3-9-4-6-13-11(2-1-7-17-13)14(16)12(9)8-10/h1-3,5,7-8,15H,4,6H2;1-3,5,7-8,14H,4,6,16H2. The second-order valence-electron chi connectivity index (χ2n) is 8.87. The zero-order valence-corrected chi connectivity index (χ0v) is 20.3. The molecule has 0 saturated carbocycles. The predicted octanol–water partition coefficient (Wildman–Crippen LogP) is 5.88. The van der Waals surface area contributed by atoms with E-state index in [4.69, 9.17) is 18.0 Å². The quantitative estimate of drug-likeness (QED) is 0.263. The minimum Gasteiger partial charge on any atom is -0.320 e. The number of thiocarbonyl (C=S) groups is 1. The third-order valence-electron chi connectivity index (χ3n) is 6.77. The number of benzene rings is 2. The second kappa shape index (κ2) is 10.5. The number of hydrogen-bond acceptors (Lipinski definition) is 5. The molecule has 0 fully saturated rings. The summed E-state index contributed by atoms with van der Waals surface area (Å²) in [6.45, 7) is 0. The van der Waals surface area contributed by atoms with E-state index in [2.05, 4.69) is 20.1 Å². The van der Waals surface area contributed by atoms with Gasteiger partial charge in [0.15, 0.2) is 0 Å². The fourth-order valence-electron chi connectivity index (χ4n) is 5.01. The summed E-state index contributed by atoms with van der Waals surface area (Å²) < 4.78 is 26.8. The van der Waals surface area contributed by atoms with Crippen LogP contribution in [0.1, 0.15) is 56.9 Å². The fraction of sp³-hybridized carbons (Fsp3) is 0.207. The molecule has 0 aliphatic heterocycles. The fourth-order valence-corrected chi connectivity index (χ4v) is 5.12. The first-order valence-electron chi connectivity index (χ1n) is 11.8. The number of hydrogen-bond donors (Lipinski definition) is 1. The first-order chi connectivity index (χ1) is 17.5. The Kier molecular flexibility index (Phi) is 7.05. The highest BCUT2D eigenvalue weighted by molar-refractivity contribution is 7.78. The molecule has 36 heavy (non-hydrogen) atoms. The third-order valence-corrected chi connectivity index (χ3v) is 6.88. The van der Waals surface area contributed by atoms with E-state index in [1.807, 2.05) is 36.4 Å². The summed E-state index contributed by atoms with van der Waals surface area (Å²) >= 11 is 4.74. The normalized spacial score (nSPS) is 17.4. The van der Waals surface area contributed by atoms with E-state index in [1.54, 1.807) is 18.5 Å². The Morgan fingerprint density at radius 1 is 0.750 bits per heavy atom. The Morgan fingerprint density at radius 3 is 1.94 bits per heavy atom. The van der Waals surface area contributed by atoms with Crippen LogP contribution in [-0.2, 0) is 25.7 Å². The molecule has 2 aliphatic rings. The predicted molar refractivity (Wildman–Crippen MR) is 139 cm³/mol. The smallest absolute Gasteiger partial charge is 0.123 e. The van der Waals surface area contributed by atoms with Crippen molar-refractivity contribution in [3.8, 4) is 0 Å². The second-order valence-corrected chi connectivity index (χ2v) is 9.05. The number of nitrogens with two attached hydrogens (primary N) is 1. The van der Waals surface area contributed by atoms with Crippen LogP contribution in [0.5, 0.6) is 0 Å². The molecule has 0 bridgehead atoms. The zero-order valence-electron chi connectivity index (χ0n) is 19.5. The molecule has 0 saturated heterocycles. The molecule has 2 aromatic carbocycles. The van der Waals surface area contributed by atoms with Gasteiger partial charge in [-0.25, -0.2) is 13.8 Å². The Labute approximate surface area is 214 Å². The van der Waals surface area contributed by atoms with Gasteiger partial charge >= 0.3 is 0 Å². The molecule has 2 aliphatic carbocycles. The first-order valence-corrected chi connectivity index (χ1v) is 12.2. The molecule has 2 atom stereocenters. The van der Waals surface area contributed by atoms with Crippen molar-refractivity contribution in [1.82, 2.24) is 9.97 Å². The SMILES string of the molecule is Fc1ccc2c(c1)C(N=C=S)c1cccnc1CC2.NC1c2cc(F)ccc2CCc2ncccc21. The van der Waals surface area contributed by atoms with Gasteiger partial charge in [0.05, 0.1) is 11.2 Å². The molecule has 4 aromatic rings. The molecule has 2 heterocycles. The lowest BCUT2D eigenvalue weighted by Gasteiger charge is -2.14. The summed E-state index contributed by atoms with van der Waals surface area (Å²) in [6, 6.07) is 16.9. The van der Waals surface area contributed by atoms with Crippen LogP contribution < -0.4 is 5.73 Å². The maximum absolute atomic E-state index is 13.5. The molecule has 2 N–H and O–H groups in total. The maximum Gasteiger partial charge on any atom is 0.123 e. The van der Waals surface area contributed by atoms with Crippen LogP contribution in [0.4, 0.5) is 8.78 Å². The van der Waals surface area contributed by atoms with Crippen LogP contribution in [0.2, 0.25) is 0 Å². The van der Waals surface area contributed by atoms with Gasteiger partial charge in [-0.05, 0) is 102 Å². The molecular formula is C29H24F2N4S. The summed E-state index contributed by atoms with van der Waals surface area (Å²) in [5.74, 6) is -0.484. The Hall–Kier alpha value is -3.64. The highest BCUT2D eigenvalue weighted by Gasteiger charge is 2.24. The molecule has 180 valence electrons. The van der Waals surface area contributed by atoms with Gasteiger partial charge in [0.25, 0.3) is 0 Å². The lowest BCUT2D eigenvalue weighted by Crippen LogP contribution is -2.14. The Morgan fingerprint density at radius 2 is 1.31 bits per heavy atom. The number of halogens is 2. The van der Waals surface area contributed by atoms with Gasteiger partial charge in [-0.15, -0.1) is 0 Å². The molecule has 0 spiro atoms. The van der Waals surface area contributed by atoms with Crippen molar-refractivity contribution in [2.45, 2.75) is 37.8 Å². The number of fused-ring (bicyclic) bond motifs is 4. The summed E-state index contributed by atoms with van der Waals surface area (Å²) in [7, 11) is 0. The zero-order chi connectivity index (χ0) is 25.1. The highest BCUT2D eigenvalue weighted by Crippen LogP contribution is 2.34. The van der Waals surface area contributed by atoms with Crippen LogP contribution >= 0.6 is 12.2 Å². The van der Waals surface area contributed by atoms with E-state index >= 15 is 0 Å². The number of isothiocyanates is 1. The molecule has 0 radical (unpaired) electrons. The van der Waals surface area contributed by atoms with Crippen molar-refractivity contribution in [2.75, 3.05) is 0 Å². The van der Waals surface area contributed by atoms with Crippen LogP contribution in [0.3, 0.4) is 0 Å². The van der Waals surface area contributed by atoms with E-state index < -0.39 is 0 Å². The lowest BCUT2D eigenvalue weighted by atomic mass is 9.96. The van der Waals surface area contributed by atoms with Gasteiger partial charge in [-0.1, -0.05) is 24.3 Å². The number of aliphatic imine (C=N–C) groups is 1. The Bertz CT molecular complexity index is 1470. The molecule has 6 rings (SSSR count). The minimum atomic E-state index is -0.297. The van der Waals surface area contributed by atoms with E-state index in [0.717, 1.165) is 70.5 Å². The molecule has 4 nitrogen and oxygen atoms in total. The van der Waals surface area contributed by atoms with Crippen molar-refractivity contribution in [2.24, 2.45) is 10.7 Å². The van der Waals surface area contributed by atoms with Crippen molar-refractivity contribution in [3.05, 3.63) is 129 Å². The molecule has 2 aromatic heterocycles. The van der Waals surface area contributed by atoms with Crippen LogP contribution in [-0.4, -0.2) is 15.1 Å². The van der Waals surface area contributed by atoms with E-state index in [-0.39, 0.29) is 23.7 Å². The first kappa shape index (κ1) is 24.1. The number of aryl methyl sites for hydroxylation is 4. The number of rotatable bonds is 1. The van der Waals surface area contributed by atoms with Gasteiger partial charge in [-0.3, -0.25) is 9.97 Å². The van der Waals surface area contributed by atoms with Gasteiger partial charge in [0.1, 0.15) is 17.7 Å². The number of nitrogens with zero attached hydrogens (tertiary/aromatic N) is 3. The third kappa shape index (κ3) is 4.86. The van der Waals surface area contributed by atoms with Gasteiger partial charge in [0, 0.05) is 29.3 Å². The summed E-state index contributed by atoms with van der Waals surface area (Å²) in [5, 5.41) is 2.42. The summed E-state index contributed by atoms with van der Waals surface area (Å²) in [4.78, 5) is 13.0. The maximum atomic E-state index is 13.5. The summed E-state index contributed by atoms with van der Waals surface area (Å²) in [5.41, 5.74) is 14.2. The molecule has 7 heteroatoms. The van der Waals surface area contributed by atoms with Gasteiger partial charge in [-0.2, -0.15) is 0 Å². The van der Waals surface area contributed by atoms with E-state index in [0.29, 0.717) is 0 Å². The topological polar surface area (TPSA) is 64.2 Å². The van der Waals surface area contributed by atoms with E-state index in [1.165, 1.54) is 18.2 Å². The summed E-state index contributed by atoms with van der Waals surface area (Å²) in [6.07, 6.45) is 6.95. The van der Waals surface area contributed by atoms with Crippen molar-refractivity contribution in [1.29, 1.82) is 0 Å². The average molecular weight is 499 g/mol. The van der Waals surface area contributed by atoms with Crippen molar-refractivity contribution in [3.63, 3.8) is 0 Å². The van der Waals surface area contributed by atoms with Crippen LogP contribution in [0.15, 0.2) is 78.0 Å². The molecule has 0 amide bonds. The minimum absolute atomic E-state index is 0.230. The molecular weight excluding hydrogens is 474 g/mol. The molecule has 2 unspecified atom stereocenters. The monoisotopic (exact) mass is 498 g/mol. The van der Waals surface area contributed by atoms with Gasteiger partial charge in [0.2, 0.25) is 0 Å². The van der Waals surface area contributed by atoms with Crippen molar-refractivity contribution >= 4 is 17.4 Å². The lowest BCUT2D eigenvalue weighted by molar-refractivity contribution is 0.622. The van der Waals surface area contributed by atoms with Crippen molar-refractivity contribution < 1.29 is 8.78 Å².